The van der Waals surface area contributed by atoms with Gasteiger partial charge in [0.25, 0.3) is 0 Å². The minimum Gasteiger partial charge on any atom is -0.360 e. The van der Waals surface area contributed by atoms with Gasteiger partial charge in [-0.3, -0.25) is 4.90 Å². The van der Waals surface area contributed by atoms with Gasteiger partial charge in [0.2, 0.25) is 10.0 Å². The van der Waals surface area contributed by atoms with Crippen molar-refractivity contribution in [1.82, 2.24) is 14.8 Å². The molecule has 0 atom stereocenters. The molecule has 1 heterocycles. The number of aromatic nitrogens is 1. The Morgan fingerprint density at radius 2 is 2.31 bits per heavy atom. The van der Waals surface area contributed by atoms with Crippen molar-refractivity contribution in [3.8, 4) is 0 Å². The summed E-state index contributed by atoms with van der Waals surface area (Å²) < 4.78 is 29.7. The molecule has 0 bridgehead atoms. The number of nitrogens with zero attached hydrogens (tertiary/aromatic N) is 2. The Morgan fingerprint density at radius 3 is 2.88 bits per heavy atom. The maximum Gasteiger partial charge on any atom is 0.211 e. The highest BCUT2D eigenvalue weighted by Crippen LogP contribution is 2.00. The molecule has 92 valence electrons. The first-order chi connectivity index (χ1) is 7.53. The molecule has 1 rings (SSSR count). The van der Waals surface area contributed by atoms with Gasteiger partial charge in [0, 0.05) is 19.2 Å². The van der Waals surface area contributed by atoms with Crippen molar-refractivity contribution in [2.75, 3.05) is 25.9 Å². The van der Waals surface area contributed by atoms with Crippen LogP contribution in [0.15, 0.2) is 16.8 Å². The summed E-state index contributed by atoms with van der Waals surface area (Å²) in [6.07, 6.45) is 1.59. The van der Waals surface area contributed by atoms with Gasteiger partial charge in [0.1, 0.15) is 0 Å². The van der Waals surface area contributed by atoms with Gasteiger partial charge in [-0.2, -0.15) is 0 Å². The van der Waals surface area contributed by atoms with Crippen LogP contribution < -0.4 is 4.72 Å². The van der Waals surface area contributed by atoms with E-state index in [9.17, 15) is 8.42 Å². The summed E-state index contributed by atoms with van der Waals surface area (Å²) in [5.74, 6) is 0.875. The lowest BCUT2D eigenvalue weighted by atomic mass is 10.4. The summed E-state index contributed by atoms with van der Waals surface area (Å²) in [6, 6.07) is 1.78. The summed E-state index contributed by atoms with van der Waals surface area (Å²) in [5, 5.41) is 3.59. The maximum absolute atomic E-state index is 11.1. The van der Waals surface area contributed by atoms with Crippen LogP contribution in [0.5, 0.6) is 0 Å². The Bertz CT molecular complexity index is 388. The smallest absolute Gasteiger partial charge is 0.211 e. The lowest BCUT2D eigenvalue weighted by molar-refractivity contribution is 0.276. The SMILES string of the molecule is CCS(=O)(=O)NCCN(C)Cc1ccno1. The number of likely N-dealkylation sites (N-methyl/N-ethyl adjacent to an activating group) is 1. The van der Waals surface area contributed by atoms with Crippen LogP contribution in [0.3, 0.4) is 0 Å². The van der Waals surface area contributed by atoms with Gasteiger partial charge in [-0.25, -0.2) is 13.1 Å². The molecule has 16 heavy (non-hydrogen) atoms. The molecule has 0 spiro atoms. The molecule has 0 fully saturated rings. The lowest BCUT2D eigenvalue weighted by Gasteiger charge is -2.14. The summed E-state index contributed by atoms with van der Waals surface area (Å²) in [7, 11) is -1.20. The van der Waals surface area contributed by atoms with Crippen molar-refractivity contribution in [3.63, 3.8) is 0 Å². The second kappa shape index (κ2) is 5.97. The minimum atomic E-state index is -3.09. The van der Waals surface area contributed by atoms with Crippen LogP contribution in [0.25, 0.3) is 0 Å². The Labute approximate surface area is 95.7 Å². The van der Waals surface area contributed by atoms with Crippen LogP contribution in [-0.2, 0) is 16.6 Å². The van der Waals surface area contributed by atoms with Gasteiger partial charge in [-0.15, -0.1) is 0 Å². The first-order valence-electron chi connectivity index (χ1n) is 5.09. The molecular formula is C9H17N3O3S. The molecule has 0 aromatic carbocycles. The monoisotopic (exact) mass is 247 g/mol. The molecule has 0 aliphatic heterocycles. The van der Waals surface area contributed by atoms with E-state index < -0.39 is 10.0 Å². The molecule has 0 unspecified atom stereocenters. The number of sulfonamides is 1. The molecule has 0 radical (unpaired) electrons. The summed E-state index contributed by atoms with van der Waals surface area (Å²) in [5.41, 5.74) is 0. The van der Waals surface area contributed by atoms with Crippen LogP contribution in [0, 0.1) is 0 Å². The topological polar surface area (TPSA) is 75.4 Å². The van der Waals surface area contributed by atoms with E-state index in [1.165, 1.54) is 0 Å². The van der Waals surface area contributed by atoms with E-state index in [1.807, 2.05) is 11.9 Å². The third-order valence-electron chi connectivity index (χ3n) is 2.11. The van der Waals surface area contributed by atoms with E-state index in [4.69, 9.17) is 4.52 Å². The zero-order chi connectivity index (χ0) is 12.0. The maximum atomic E-state index is 11.1. The molecule has 1 aromatic heterocycles. The highest BCUT2D eigenvalue weighted by molar-refractivity contribution is 7.89. The predicted octanol–water partition coefficient (Wildman–Crippen LogP) is 0.0457. The molecule has 0 saturated heterocycles. The van der Waals surface area contributed by atoms with Crippen LogP contribution in [0.4, 0.5) is 0 Å². The van der Waals surface area contributed by atoms with E-state index in [1.54, 1.807) is 19.2 Å². The standard InChI is InChI=1S/C9H17N3O3S/c1-3-16(13,14)11-6-7-12(2)8-9-4-5-10-15-9/h4-5,11H,3,6-8H2,1-2H3. The lowest BCUT2D eigenvalue weighted by Crippen LogP contribution is -2.33. The Kier molecular flexibility index (Phi) is 4.91. The van der Waals surface area contributed by atoms with Gasteiger partial charge < -0.3 is 4.52 Å². The molecule has 0 aliphatic carbocycles. The Balaban J connectivity index is 2.23. The molecular weight excluding hydrogens is 230 g/mol. The zero-order valence-electron chi connectivity index (χ0n) is 9.51. The highest BCUT2D eigenvalue weighted by atomic mass is 32.2. The van der Waals surface area contributed by atoms with E-state index in [0.29, 0.717) is 19.6 Å². The van der Waals surface area contributed by atoms with Crippen molar-refractivity contribution in [2.45, 2.75) is 13.5 Å². The van der Waals surface area contributed by atoms with E-state index in [2.05, 4.69) is 9.88 Å². The van der Waals surface area contributed by atoms with E-state index in [-0.39, 0.29) is 5.75 Å². The Morgan fingerprint density at radius 1 is 1.56 bits per heavy atom. The van der Waals surface area contributed by atoms with Gasteiger partial charge in [0.15, 0.2) is 5.76 Å². The Hall–Kier alpha value is -0.920. The summed E-state index contributed by atoms with van der Waals surface area (Å²) in [4.78, 5) is 1.96. The average Bonchev–Trinajstić information content (AvgIpc) is 2.70. The fraction of sp³-hybridized carbons (Fsp3) is 0.667. The molecule has 1 aromatic rings. The molecule has 1 N–H and O–H groups in total. The summed E-state index contributed by atoms with van der Waals surface area (Å²) in [6.45, 7) is 3.26. The fourth-order valence-electron chi connectivity index (χ4n) is 1.16. The van der Waals surface area contributed by atoms with Crippen LogP contribution in [0.1, 0.15) is 12.7 Å². The second-order valence-electron chi connectivity index (χ2n) is 3.51. The molecule has 0 aliphatic rings. The van der Waals surface area contributed by atoms with E-state index >= 15 is 0 Å². The third-order valence-corrected chi connectivity index (χ3v) is 3.52. The average molecular weight is 247 g/mol. The largest absolute Gasteiger partial charge is 0.360 e. The quantitative estimate of drug-likeness (QED) is 0.736. The van der Waals surface area contributed by atoms with Crippen molar-refractivity contribution >= 4 is 10.0 Å². The molecule has 0 amide bonds. The highest BCUT2D eigenvalue weighted by Gasteiger charge is 2.07. The number of hydrogen-bond donors (Lipinski definition) is 1. The first-order valence-corrected chi connectivity index (χ1v) is 6.74. The van der Waals surface area contributed by atoms with Crippen LogP contribution in [-0.4, -0.2) is 44.4 Å². The third kappa shape index (κ3) is 4.73. The fourth-order valence-corrected chi connectivity index (χ4v) is 1.77. The minimum absolute atomic E-state index is 0.110. The van der Waals surface area contributed by atoms with Gasteiger partial charge in [-0.05, 0) is 14.0 Å². The number of nitrogens with one attached hydrogen (secondary N) is 1. The normalized spacial score (nSPS) is 12.2. The first kappa shape index (κ1) is 13.1. The number of hydrogen-bond acceptors (Lipinski definition) is 5. The molecule has 7 heteroatoms. The van der Waals surface area contributed by atoms with Gasteiger partial charge in [0.05, 0.1) is 18.5 Å². The van der Waals surface area contributed by atoms with Crippen LogP contribution in [0.2, 0.25) is 0 Å². The summed E-state index contributed by atoms with van der Waals surface area (Å²) >= 11 is 0. The van der Waals surface area contributed by atoms with Gasteiger partial charge in [-0.1, -0.05) is 5.16 Å². The van der Waals surface area contributed by atoms with Crippen molar-refractivity contribution < 1.29 is 12.9 Å². The number of rotatable bonds is 7. The van der Waals surface area contributed by atoms with Crippen molar-refractivity contribution in [1.29, 1.82) is 0 Å². The zero-order valence-corrected chi connectivity index (χ0v) is 10.3. The van der Waals surface area contributed by atoms with Crippen molar-refractivity contribution in [3.05, 3.63) is 18.0 Å². The predicted molar refractivity (Wildman–Crippen MR) is 60.3 cm³/mol. The van der Waals surface area contributed by atoms with Crippen LogP contribution >= 0.6 is 0 Å². The van der Waals surface area contributed by atoms with Gasteiger partial charge >= 0.3 is 0 Å². The molecule has 0 saturated carbocycles. The van der Waals surface area contributed by atoms with E-state index in [0.717, 1.165) is 5.76 Å². The molecule has 6 nitrogen and oxygen atoms in total. The second-order valence-corrected chi connectivity index (χ2v) is 5.61. The van der Waals surface area contributed by atoms with Crippen molar-refractivity contribution in [2.24, 2.45) is 0 Å².